The molecule has 0 radical (unpaired) electrons. The van der Waals surface area contributed by atoms with Gasteiger partial charge in [-0.1, -0.05) is 12.1 Å². The molecule has 2 aromatic heterocycles. The summed E-state index contributed by atoms with van der Waals surface area (Å²) in [5.41, 5.74) is 0.667. The second-order valence-electron chi connectivity index (χ2n) is 3.28. The maximum Gasteiger partial charge on any atom is 0.240 e. The lowest BCUT2D eigenvalue weighted by molar-refractivity contribution is 0.368. The minimum atomic E-state index is 0.496. The third kappa shape index (κ3) is 2.60. The Hall–Kier alpha value is -1.82. The SMILES string of the molecule is CCCNCc1nc(-c2ccncn2)no1. The molecule has 6 heteroatoms. The molecule has 16 heavy (non-hydrogen) atoms. The van der Waals surface area contributed by atoms with Crippen molar-refractivity contribution in [2.75, 3.05) is 6.54 Å². The zero-order valence-corrected chi connectivity index (χ0v) is 9.05. The van der Waals surface area contributed by atoms with E-state index in [-0.39, 0.29) is 0 Å². The van der Waals surface area contributed by atoms with Gasteiger partial charge in [-0.3, -0.25) is 0 Å². The van der Waals surface area contributed by atoms with Crippen LogP contribution in [0.5, 0.6) is 0 Å². The van der Waals surface area contributed by atoms with Crippen LogP contribution in [0.3, 0.4) is 0 Å². The lowest BCUT2D eigenvalue weighted by atomic mass is 10.4. The minimum Gasteiger partial charge on any atom is -0.337 e. The van der Waals surface area contributed by atoms with Gasteiger partial charge in [-0.05, 0) is 19.0 Å². The summed E-state index contributed by atoms with van der Waals surface area (Å²) in [5, 5.41) is 7.04. The number of rotatable bonds is 5. The van der Waals surface area contributed by atoms with Crippen molar-refractivity contribution in [3.05, 3.63) is 24.5 Å². The monoisotopic (exact) mass is 219 g/mol. The standard InChI is InChI=1S/C10H13N5O/c1-2-4-11-6-9-14-10(15-16-9)8-3-5-12-7-13-8/h3,5,7,11H,2,4,6H2,1H3. The van der Waals surface area contributed by atoms with E-state index in [4.69, 9.17) is 4.52 Å². The minimum absolute atomic E-state index is 0.496. The van der Waals surface area contributed by atoms with Crippen LogP contribution in [0.15, 0.2) is 23.1 Å². The van der Waals surface area contributed by atoms with E-state index in [0.717, 1.165) is 13.0 Å². The molecule has 2 heterocycles. The molecule has 0 spiro atoms. The van der Waals surface area contributed by atoms with Crippen LogP contribution in [0.25, 0.3) is 11.5 Å². The van der Waals surface area contributed by atoms with E-state index in [0.29, 0.717) is 24.0 Å². The Bertz CT molecular complexity index is 428. The summed E-state index contributed by atoms with van der Waals surface area (Å²) in [5.74, 6) is 1.07. The Balaban J connectivity index is 2.02. The third-order valence-corrected chi connectivity index (χ3v) is 1.98. The first-order valence-electron chi connectivity index (χ1n) is 5.20. The van der Waals surface area contributed by atoms with Crippen LogP contribution in [0, 0.1) is 0 Å². The van der Waals surface area contributed by atoms with E-state index >= 15 is 0 Å². The molecule has 0 saturated carbocycles. The third-order valence-electron chi connectivity index (χ3n) is 1.98. The van der Waals surface area contributed by atoms with Gasteiger partial charge >= 0.3 is 0 Å². The summed E-state index contributed by atoms with van der Waals surface area (Å²) in [7, 11) is 0. The molecular weight excluding hydrogens is 206 g/mol. The summed E-state index contributed by atoms with van der Waals surface area (Å²) in [6.07, 6.45) is 4.18. The molecule has 0 aromatic carbocycles. The molecule has 6 nitrogen and oxygen atoms in total. The first-order valence-corrected chi connectivity index (χ1v) is 5.20. The number of nitrogens with zero attached hydrogens (tertiary/aromatic N) is 4. The van der Waals surface area contributed by atoms with Gasteiger partial charge in [-0.2, -0.15) is 4.98 Å². The summed E-state index contributed by atoms with van der Waals surface area (Å²) in [4.78, 5) is 12.1. The Kier molecular flexibility index (Phi) is 3.55. The lowest BCUT2D eigenvalue weighted by Gasteiger charge is -1.95. The van der Waals surface area contributed by atoms with Crippen LogP contribution in [0.4, 0.5) is 0 Å². The summed E-state index contributed by atoms with van der Waals surface area (Å²) >= 11 is 0. The Morgan fingerprint density at radius 3 is 3.12 bits per heavy atom. The van der Waals surface area contributed by atoms with Crippen LogP contribution in [0.2, 0.25) is 0 Å². The van der Waals surface area contributed by atoms with E-state index in [1.165, 1.54) is 6.33 Å². The Labute approximate surface area is 93.1 Å². The van der Waals surface area contributed by atoms with Gasteiger partial charge in [0.25, 0.3) is 0 Å². The van der Waals surface area contributed by atoms with Crippen molar-refractivity contribution in [3.8, 4) is 11.5 Å². The van der Waals surface area contributed by atoms with Crippen molar-refractivity contribution < 1.29 is 4.52 Å². The largest absolute Gasteiger partial charge is 0.337 e. The fourth-order valence-corrected chi connectivity index (χ4v) is 1.23. The molecule has 0 aliphatic carbocycles. The fourth-order valence-electron chi connectivity index (χ4n) is 1.23. The Morgan fingerprint density at radius 2 is 2.38 bits per heavy atom. The van der Waals surface area contributed by atoms with Gasteiger partial charge in [-0.25, -0.2) is 9.97 Å². The van der Waals surface area contributed by atoms with Crippen LogP contribution in [-0.2, 0) is 6.54 Å². The van der Waals surface area contributed by atoms with Crippen LogP contribution in [-0.4, -0.2) is 26.7 Å². The van der Waals surface area contributed by atoms with Crippen LogP contribution in [0.1, 0.15) is 19.2 Å². The molecule has 0 aliphatic heterocycles. The zero-order chi connectivity index (χ0) is 11.2. The molecular formula is C10H13N5O. The highest BCUT2D eigenvalue weighted by Crippen LogP contribution is 2.10. The molecule has 1 N–H and O–H groups in total. The van der Waals surface area contributed by atoms with E-state index in [1.54, 1.807) is 12.3 Å². The second-order valence-corrected chi connectivity index (χ2v) is 3.28. The quantitative estimate of drug-likeness (QED) is 0.757. The molecule has 0 unspecified atom stereocenters. The molecule has 0 aliphatic rings. The molecule has 2 rings (SSSR count). The van der Waals surface area contributed by atoms with E-state index < -0.39 is 0 Å². The smallest absolute Gasteiger partial charge is 0.240 e. The fraction of sp³-hybridized carbons (Fsp3) is 0.400. The van der Waals surface area contributed by atoms with Crippen molar-refractivity contribution >= 4 is 0 Å². The summed E-state index contributed by atoms with van der Waals surface area (Å²) < 4.78 is 5.08. The van der Waals surface area contributed by atoms with E-state index in [1.807, 2.05) is 0 Å². The molecule has 0 atom stereocenters. The van der Waals surface area contributed by atoms with Crippen LogP contribution >= 0.6 is 0 Å². The molecule has 0 bridgehead atoms. The van der Waals surface area contributed by atoms with Gasteiger partial charge in [0.1, 0.15) is 12.0 Å². The van der Waals surface area contributed by atoms with Crippen molar-refractivity contribution in [3.63, 3.8) is 0 Å². The van der Waals surface area contributed by atoms with Crippen molar-refractivity contribution in [2.24, 2.45) is 0 Å². The first-order chi connectivity index (χ1) is 7.90. The van der Waals surface area contributed by atoms with Gasteiger partial charge in [0.15, 0.2) is 0 Å². The van der Waals surface area contributed by atoms with Crippen molar-refractivity contribution in [2.45, 2.75) is 19.9 Å². The molecule has 0 fully saturated rings. The average Bonchev–Trinajstić information content (AvgIpc) is 2.79. The predicted octanol–water partition coefficient (Wildman–Crippen LogP) is 1.03. The Morgan fingerprint density at radius 1 is 1.44 bits per heavy atom. The number of hydrogen-bond donors (Lipinski definition) is 1. The highest BCUT2D eigenvalue weighted by molar-refractivity contribution is 5.46. The van der Waals surface area contributed by atoms with Gasteiger partial charge in [0.2, 0.25) is 11.7 Å². The highest BCUT2D eigenvalue weighted by Gasteiger charge is 2.08. The number of aromatic nitrogens is 4. The lowest BCUT2D eigenvalue weighted by Crippen LogP contribution is -2.13. The average molecular weight is 219 g/mol. The topological polar surface area (TPSA) is 76.7 Å². The summed E-state index contributed by atoms with van der Waals surface area (Å²) in [6, 6.07) is 1.74. The van der Waals surface area contributed by atoms with Crippen molar-refractivity contribution in [1.29, 1.82) is 0 Å². The zero-order valence-electron chi connectivity index (χ0n) is 9.05. The van der Waals surface area contributed by atoms with E-state index in [9.17, 15) is 0 Å². The normalized spacial score (nSPS) is 10.6. The van der Waals surface area contributed by atoms with Crippen LogP contribution < -0.4 is 5.32 Å². The maximum atomic E-state index is 5.08. The van der Waals surface area contributed by atoms with Gasteiger partial charge in [0.05, 0.1) is 6.54 Å². The second kappa shape index (κ2) is 5.32. The molecule has 0 amide bonds. The highest BCUT2D eigenvalue weighted by atomic mass is 16.5. The number of hydrogen-bond acceptors (Lipinski definition) is 6. The molecule has 84 valence electrons. The summed E-state index contributed by atoms with van der Waals surface area (Å²) in [6.45, 7) is 3.63. The predicted molar refractivity (Wildman–Crippen MR) is 57.3 cm³/mol. The van der Waals surface area contributed by atoms with E-state index in [2.05, 4.69) is 32.3 Å². The van der Waals surface area contributed by atoms with Gasteiger partial charge in [-0.15, -0.1) is 0 Å². The molecule has 0 saturated heterocycles. The van der Waals surface area contributed by atoms with Crippen molar-refractivity contribution in [1.82, 2.24) is 25.4 Å². The maximum absolute atomic E-state index is 5.08. The number of nitrogens with one attached hydrogen (secondary N) is 1. The van der Waals surface area contributed by atoms with Gasteiger partial charge in [0, 0.05) is 6.20 Å². The molecule has 2 aromatic rings. The first kappa shape index (κ1) is 10.7. The van der Waals surface area contributed by atoms with Gasteiger partial charge < -0.3 is 9.84 Å².